The van der Waals surface area contributed by atoms with Crippen LogP contribution in [0.15, 0.2) is 85.3 Å². The van der Waals surface area contributed by atoms with Crippen LogP contribution in [0.1, 0.15) is 34.1 Å². The minimum absolute atomic E-state index is 0.165. The fourth-order valence-corrected chi connectivity index (χ4v) is 4.49. The number of hydrogen-bond acceptors (Lipinski definition) is 4. The lowest BCUT2D eigenvalue weighted by molar-refractivity contribution is 0.100. The Bertz CT molecular complexity index is 1810. The quantitative estimate of drug-likeness (QED) is 0.308. The van der Waals surface area contributed by atoms with Crippen molar-refractivity contribution in [2.45, 2.75) is 13.3 Å². The predicted molar refractivity (Wildman–Crippen MR) is 150 cm³/mol. The summed E-state index contributed by atoms with van der Waals surface area (Å²) < 4.78 is 3.29. The summed E-state index contributed by atoms with van der Waals surface area (Å²) in [6.45, 7) is 2.18. The van der Waals surface area contributed by atoms with E-state index < -0.39 is 5.91 Å². The third-order valence-electron chi connectivity index (χ3n) is 6.18. The average Bonchev–Trinajstić information content (AvgIpc) is 3.62. The van der Waals surface area contributed by atoms with E-state index in [1.807, 2.05) is 19.3 Å². The van der Waals surface area contributed by atoms with Crippen molar-refractivity contribution in [1.29, 1.82) is 0 Å². The van der Waals surface area contributed by atoms with Crippen molar-refractivity contribution in [1.82, 2.24) is 24.4 Å². The number of nitrogen functional groups attached to an aromatic ring is 1. The van der Waals surface area contributed by atoms with Gasteiger partial charge in [-0.2, -0.15) is 5.10 Å². The number of hydrogen-bond donors (Lipinski definition) is 3. The molecule has 0 unspecified atom stereocenters. The highest BCUT2D eigenvalue weighted by atomic mass is 16.1. The monoisotopic (exact) mass is 501 g/mol. The zero-order valence-corrected chi connectivity index (χ0v) is 21.1. The molecule has 0 fully saturated rings. The summed E-state index contributed by atoms with van der Waals surface area (Å²) >= 11 is 0. The molecule has 0 saturated heterocycles. The number of H-pyrrole nitrogens is 1. The van der Waals surface area contributed by atoms with Crippen LogP contribution in [-0.2, 0) is 13.5 Å². The number of amides is 1. The number of carbonyl (C=O) groups is 1. The number of primary amides is 1. The molecule has 6 rings (SSSR count). The van der Waals surface area contributed by atoms with E-state index in [2.05, 4.69) is 76.4 Å². The number of aryl methyl sites for hydroxylation is 2. The number of rotatable bonds is 3. The van der Waals surface area contributed by atoms with E-state index in [0.717, 1.165) is 23.1 Å². The standard InChI is InChI=1S/C22H19N3.C8H8N4O/c1-3-19-21(17-8-5-4-6-9-17)22-18(10-7-11-20(22)24-19)13-12-16-14-23-25(2)15-16;9-7-6(8(10)13)5-3-1-2-4-12(5)11-7/h4-11,14-15,24H,3H2,1-2H3;1-4H,(H2,9,11)(H2,10,13). The number of anilines is 1. The van der Waals surface area contributed by atoms with E-state index in [0.29, 0.717) is 5.52 Å². The Hall–Kier alpha value is -5.29. The van der Waals surface area contributed by atoms with Gasteiger partial charge in [-0.15, -0.1) is 5.10 Å². The van der Waals surface area contributed by atoms with Crippen LogP contribution in [0.5, 0.6) is 0 Å². The lowest BCUT2D eigenvalue weighted by Crippen LogP contribution is -2.12. The van der Waals surface area contributed by atoms with Crippen LogP contribution in [-0.4, -0.2) is 30.3 Å². The van der Waals surface area contributed by atoms with Gasteiger partial charge in [0.25, 0.3) is 5.91 Å². The highest BCUT2D eigenvalue weighted by molar-refractivity contribution is 6.04. The van der Waals surface area contributed by atoms with Gasteiger partial charge in [0.05, 0.1) is 17.3 Å². The summed E-state index contributed by atoms with van der Waals surface area (Å²) in [5.74, 6) is 6.18. The van der Waals surface area contributed by atoms with Crippen LogP contribution in [0.4, 0.5) is 5.82 Å². The fourth-order valence-electron chi connectivity index (χ4n) is 4.49. The normalized spacial score (nSPS) is 10.6. The third kappa shape index (κ3) is 4.73. The number of nitrogens with zero attached hydrogens (tertiary/aromatic N) is 4. The molecular formula is C30H27N7O. The van der Waals surface area contributed by atoms with Crippen molar-refractivity contribution in [2.75, 3.05) is 5.73 Å². The molecule has 0 spiro atoms. The summed E-state index contributed by atoms with van der Waals surface area (Å²) in [5, 5.41) is 9.31. The molecule has 38 heavy (non-hydrogen) atoms. The Balaban J connectivity index is 0.000000190. The summed E-state index contributed by atoms with van der Waals surface area (Å²) in [7, 11) is 1.90. The molecule has 1 amide bonds. The largest absolute Gasteiger partial charge is 0.382 e. The van der Waals surface area contributed by atoms with E-state index in [4.69, 9.17) is 11.5 Å². The average molecular weight is 502 g/mol. The molecule has 0 saturated carbocycles. The zero-order chi connectivity index (χ0) is 26.6. The molecule has 6 aromatic rings. The first kappa shape index (κ1) is 24.4. The number of pyridine rings is 1. The second-order valence-corrected chi connectivity index (χ2v) is 8.73. The smallest absolute Gasteiger partial charge is 0.254 e. The molecule has 0 bridgehead atoms. The summed E-state index contributed by atoms with van der Waals surface area (Å²) in [5.41, 5.74) is 18.4. The molecule has 4 aromatic heterocycles. The van der Waals surface area contributed by atoms with Crippen molar-refractivity contribution >= 4 is 28.1 Å². The van der Waals surface area contributed by atoms with Gasteiger partial charge in [0.1, 0.15) is 5.56 Å². The maximum absolute atomic E-state index is 11.0. The van der Waals surface area contributed by atoms with Crippen molar-refractivity contribution in [3.05, 3.63) is 108 Å². The Morgan fingerprint density at radius 2 is 1.82 bits per heavy atom. The lowest BCUT2D eigenvalue weighted by atomic mass is 9.98. The molecule has 5 N–H and O–H groups in total. The number of benzene rings is 2. The van der Waals surface area contributed by atoms with Gasteiger partial charge in [-0.1, -0.05) is 61.2 Å². The molecule has 8 heteroatoms. The summed E-state index contributed by atoms with van der Waals surface area (Å²) in [6, 6.07) is 22.1. The van der Waals surface area contributed by atoms with E-state index in [1.54, 1.807) is 35.3 Å². The fraction of sp³-hybridized carbons (Fsp3) is 0.100. The maximum atomic E-state index is 11.0. The van der Waals surface area contributed by atoms with Crippen LogP contribution in [0.2, 0.25) is 0 Å². The van der Waals surface area contributed by atoms with Crippen molar-refractivity contribution in [3.63, 3.8) is 0 Å². The van der Waals surface area contributed by atoms with Gasteiger partial charge in [-0.3, -0.25) is 9.48 Å². The number of carbonyl (C=O) groups excluding carboxylic acids is 1. The molecule has 4 heterocycles. The van der Waals surface area contributed by atoms with Crippen LogP contribution in [0.25, 0.3) is 27.5 Å². The van der Waals surface area contributed by atoms with Crippen molar-refractivity contribution in [2.24, 2.45) is 12.8 Å². The van der Waals surface area contributed by atoms with Crippen LogP contribution < -0.4 is 11.5 Å². The van der Waals surface area contributed by atoms with Crippen molar-refractivity contribution in [3.8, 4) is 23.0 Å². The number of aromatic nitrogens is 5. The SMILES string of the molecule is CCc1[nH]c2cccc(C#Cc3cnn(C)c3)c2c1-c1ccccc1.NC(=O)c1c(N)nn2ccccc12. The highest BCUT2D eigenvalue weighted by Gasteiger charge is 2.15. The first-order valence-electron chi connectivity index (χ1n) is 12.2. The number of aromatic amines is 1. The maximum Gasteiger partial charge on any atom is 0.254 e. The number of fused-ring (bicyclic) bond motifs is 2. The minimum atomic E-state index is -0.557. The summed E-state index contributed by atoms with van der Waals surface area (Å²) in [4.78, 5) is 14.6. The number of nitrogens with two attached hydrogens (primary N) is 2. The van der Waals surface area contributed by atoms with Crippen LogP contribution in [0.3, 0.4) is 0 Å². The van der Waals surface area contributed by atoms with Gasteiger partial charge < -0.3 is 16.5 Å². The van der Waals surface area contributed by atoms with Crippen LogP contribution in [0, 0.1) is 11.8 Å². The third-order valence-corrected chi connectivity index (χ3v) is 6.18. The van der Waals surface area contributed by atoms with Gasteiger partial charge in [-0.05, 0) is 36.2 Å². The second-order valence-electron chi connectivity index (χ2n) is 8.73. The van der Waals surface area contributed by atoms with Gasteiger partial charge in [0.15, 0.2) is 5.82 Å². The Kier molecular flexibility index (Phi) is 6.66. The molecular weight excluding hydrogens is 474 g/mol. The Labute approximate surface area is 219 Å². The van der Waals surface area contributed by atoms with E-state index in [9.17, 15) is 4.79 Å². The Morgan fingerprint density at radius 1 is 1.03 bits per heavy atom. The zero-order valence-electron chi connectivity index (χ0n) is 21.1. The van der Waals surface area contributed by atoms with Gasteiger partial charge in [0, 0.05) is 47.2 Å². The molecule has 0 aliphatic carbocycles. The van der Waals surface area contributed by atoms with Gasteiger partial charge in [0.2, 0.25) is 0 Å². The summed E-state index contributed by atoms with van der Waals surface area (Å²) in [6.07, 6.45) is 6.38. The van der Waals surface area contributed by atoms with Crippen molar-refractivity contribution < 1.29 is 4.79 Å². The number of nitrogens with one attached hydrogen (secondary N) is 1. The molecule has 2 aromatic carbocycles. The van der Waals surface area contributed by atoms with Gasteiger partial charge in [-0.25, -0.2) is 4.52 Å². The molecule has 0 aliphatic rings. The van der Waals surface area contributed by atoms with E-state index in [-0.39, 0.29) is 11.4 Å². The predicted octanol–water partition coefficient (Wildman–Crippen LogP) is 4.55. The highest BCUT2D eigenvalue weighted by Crippen LogP contribution is 2.34. The molecule has 0 radical (unpaired) electrons. The molecule has 0 atom stereocenters. The second kappa shape index (κ2) is 10.4. The van der Waals surface area contributed by atoms with E-state index in [1.165, 1.54) is 26.7 Å². The van der Waals surface area contributed by atoms with E-state index >= 15 is 0 Å². The molecule has 0 aliphatic heterocycles. The topological polar surface area (TPSA) is 120 Å². The lowest BCUT2D eigenvalue weighted by Gasteiger charge is -2.04. The Morgan fingerprint density at radius 3 is 2.53 bits per heavy atom. The molecule has 188 valence electrons. The minimum Gasteiger partial charge on any atom is -0.382 e. The first-order chi connectivity index (χ1) is 18.5. The van der Waals surface area contributed by atoms with Gasteiger partial charge >= 0.3 is 0 Å². The molecule has 8 nitrogen and oxygen atoms in total. The van der Waals surface area contributed by atoms with Crippen LogP contribution >= 0.6 is 0 Å². The first-order valence-corrected chi connectivity index (χ1v) is 12.2.